The smallest absolute Gasteiger partial charge is 0.349 e. The van der Waals surface area contributed by atoms with E-state index in [1.807, 2.05) is 23.8 Å². The van der Waals surface area contributed by atoms with Gasteiger partial charge in [0.15, 0.2) is 4.96 Å². The van der Waals surface area contributed by atoms with Crippen LogP contribution in [0.2, 0.25) is 0 Å². The van der Waals surface area contributed by atoms with E-state index in [-0.39, 0.29) is 5.97 Å². The maximum Gasteiger partial charge on any atom is 0.349 e. The van der Waals surface area contributed by atoms with Gasteiger partial charge in [0.2, 0.25) is 0 Å². The highest BCUT2D eigenvalue weighted by molar-refractivity contribution is 7.18. The lowest BCUT2D eigenvalue weighted by Gasteiger charge is -1.91. The van der Waals surface area contributed by atoms with Gasteiger partial charge >= 0.3 is 5.97 Å². The number of aryl methyl sites for hydroxylation is 1. The van der Waals surface area contributed by atoms with Crippen molar-refractivity contribution in [3.63, 3.8) is 0 Å². The van der Waals surface area contributed by atoms with Crippen LogP contribution in [-0.4, -0.2) is 32.2 Å². The van der Waals surface area contributed by atoms with Gasteiger partial charge in [0, 0.05) is 31.2 Å². The second-order valence-corrected chi connectivity index (χ2v) is 4.81. The Hall–Kier alpha value is -2.15. The van der Waals surface area contributed by atoms with E-state index >= 15 is 0 Å². The molecular formula is C11H10N4O2S. The van der Waals surface area contributed by atoms with E-state index in [2.05, 4.69) is 14.8 Å². The fourth-order valence-electron chi connectivity index (χ4n) is 1.68. The summed E-state index contributed by atoms with van der Waals surface area (Å²) in [6.45, 7) is 0. The van der Waals surface area contributed by atoms with Crippen molar-refractivity contribution in [1.29, 1.82) is 0 Å². The van der Waals surface area contributed by atoms with Crippen LogP contribution in [0.15, 0.2) is 24.8 Å². The highest BCUT2D eigenvalue weighted by Crippen LogP contribution is 2.23. The normalized spacial score (nSPS) is 11.0. The maximum absolute atomic E-state index is 11.4. The highest BCUT2D eigenvalue weighted by Gasteiger charge is 2.13. The number of nitrogens with zero attached hydrogens (tertiary/aromatic N) is 4. The SMILES string of the molecule is COC(=O)c1cn2cc(-c3cnn(C)c3)nc2s1. The molecule has 0 saturated carbocycles. The molecule has 6 nitrogen and oxygen atoms in total. The molecule has 0 unspecified atom stereocenters. The van der Waals surface area contributed by atoms with E-state index in [9.17, 15) is 4.79 Å². The second kappa shape index (κ2) is 3.95. The monoisotopic (exact) mass is 262 g/mol. The number of ether oxygens (including phenoxy) is 1. The molecule has 0 atom stereocenters. The van der Waals surface area contributed by atoms with Gasteiger partial charge in [-0.15, -0.1) is 0 Å². The molecule has 0 aliphatic heterocycles. The molecule has 0 radical (unpaired) electrons. The van der Waals surface area contributed by atoms with Gasteiger partial charge in [0.05, 0.1) is 19.0 Å². The number of hydrogen-bond donors (Lipinski definition) is 0. The molecule has 18 heavy (non-hydrogen) atoms. The summed E-state index contributed by atoms with van der Waals surface area (Å²) in [5.41, 5.74) is 1.79. The van der Waals surface area contributed by atoms with Crippen LogP contribution in [0.3, 0.4) is 0 Å². The van der Waals surface area contributed by atoms with Crippen molar-refractivity contribution in [2.45, 2.75) is 0 Å². The first-order valence-corrected chi connectivity index (χ1v) is 6.05. The number of hydrogen-bond acceptors (Lipinski definition) is 5. The Morgan fingerprint density at radius 3 is 2.83 bits per heavy atom. The number of carbonyl (C=O) groups is 1. The van der Waals surface area contributed by atoms with Crippen molar-refractivity contribution >= 4 is 22.3 Å². The van der Waals surface area contributed by atoms with Crippen LogP contribution in [0.5, 0.6) is 0 Å². The van der Waals surface area contributed by atoms with Crippen molar-refractivity contribution < 1.29 is 9.53 Å². The molecule has 0 bridgehead atoms. The highest BCUT2D eigenvalue weighted by atomic mass is 32.1. The van der Waals surface area contributed by atoms with Gasteiger partial charge in [-0.2, -0.15) is 5.10 Å². The van der Waals surface area contributed by atoms with Gasteiger partial charge in [-0.1, -0.05) is 11.3 Å². The Kier molecular flexibility index (Phi) is 2.41. The van der Waals surface area contributed by atoms with Gasteiger partial charge in [-0.3, -0.25) is 9.08 Å². The maximum atomic E-state index is 11.4. The third-order valence-electron chi connectivity index (χ3n) is 2.54. The van der Waals surface area contributed by atoms with Crippen LogP contribution in [0, 0.1) is 0 Å². The van der Waals surface area contributed by atoms with Crippen molar-refractivity contribution in [2.75, 3.05) is 7.11 Å². The molecule has 3 aromatic rings. The number of imidazole rings is 1. The fourth-order valence-corrected chi connectivity index (χ4v) is 2.57. The summed E-state index contributed by atoms with van der Waals surface area (Å²) in [6.07, 6.45) is 7.25. The van der Waals surface area contributed by atoms with E-state index in [1.165, 1.54) is 18.4 Å². The molecule has 0 aliphatic carbocycles. The van der Waals surface area contributed by atoms with Crippen molar-refractivity contribution in [1.82, 2.24) is 19.2 Å². The van der Waals surface area contributed by atoms with Gasteiger partial charge in [-0.25, -0.2) is 9.78 Å². The first-order valence-electron chi connectivity index (χ1n) is 5.23. The first kappa shape index (κ1) is 11.0. The van der Waals surface area contributed by atoms with Gasteiger partial charge in [-0.05, 0) is 0 Å². The van der Waals surface area contributed by atoms with Gasteiger partial charge in [0.25, 0.3) is 0 Å². The molecule has 7 heteroatoms. The van der Waals surface area contributed by atoms with Crippen LogP contribution in [0.1, 0.15) is 9.67 Å². The third kappa shape index (κ3) is 1.68. The zero-order valence-electron chi connectivity index (χ0n) is 9.82. The molecular weight excluding hydrogens is 252 g/mol. The summed E-state index contributed by atoms with van der Waals surface area (Å²) in [6, 6.07) is 0. The number of thiazole rings is 1. The van der Waals surface area contributed by atoms with E-state index in [1.54, 1.807) is 17.1 Å². The predicted octanol–water partition coefficient (Wildman–Crippen LogP) is 1.58. The Morgan fingerprint density at radius 1 is 1.39 bits per heavy atom. The molecule has 92 valence electrons. The lowest BCUT2D eigenvalue weighted by molar-refractivity contribution is 0.0606. The largest absolute Gasteiger partial charge is 0.465 e. The molecule has 0 amide bonds. The molecule has 0 N–H and O–H groups in total. The van der Waals surface area contributed by atoms with Crippen LogP contribution in [-0.2, 0) is 11.8 Å². The molecule has 0 aliphatic rings. The van der Waals surface area contributed by atoms with Crippen LogP contribution >= 0.6 is 11.3 Å². The van der Waals surface area contributed by atoms with Crippen LogP contribution in [0.4, 0.5) is 0 Å². The standard InChI is InChI=1S/C11H10N4O2S/c1-14-4-7(3-12-14)8-5-15-6-9(10(16)17-2)18-11(15)13-8/h3-6H,1-2H3. The summed E-state index contributed by atoms with van der Waals surface area (Å²) in [4.78, 5) is 17.1. The second-order valence-electron chi connectivity index (χ2n) is 3.81. The van der Waals surface area contributed by atoms with E-state index in [0.717, 1.165) is 16.2 Å². The minimum absolute atomic E-state index is 0.339. The van der Waals surface area contributed by atoms with E-state index in [0.29, 0.717) is 4.88 Å². The molecule has 0 fully saturated rings. The Labute approximate surface area is 106 Å². The molecule has 3 aromatic heterocycles. The number of esters is 1. The Bertz CT molecular complexity index is 693. The predicted molar refractivity (Wildman–Crippen MR) is 66.6 cm³/mol. The van der Waals surface area contributed by atoms with Crippen LogP contribution in [0.25, 0.3) is 16.2 Å². The zero-order chi connectivity index (χ0) is 12.7. The average Bonchev–Trinajstić information content (AvgIpc) is 3.00. The summed E-state index contributed by atoms with van der Waals surface area (Å²) in [7, 11) is 3.23. The van der Waals surface area contributed by atoms with Gasteiger partial charge in [0.1, 0.15) is 4.88 Å². The fraction of sp³-hybridized carbons (Fsp3) is 0.182. The summed E-state index contributed by atoms with van der Waals surface area (Å²) < 4.78 is 8.21. The molecule has 3 rings (SSSR count). The number of fused-ring (bicyclic) bond motifs is 1. The number of methoxy groups -OCH3 is 1. The van der Waals surface area contributed by atoms with Crippen LogP contribution < -0.4 is 0 Å². The zero-order valence-corrected chi connectivity index (χ0v) is 10.6. The summed E-state index contributed by atoms with van der Waals surface area (Å²) in [5, 5.41) is 4.10. The van der Waals surface area contributed by atoms with E-state index in [4.69, 9.17) is 0 Å². The summed E-state index contributed by atoms with van der Waals surface area (Å²) >= 11 is 1.30. The Balaban J connectivity index is 2.03. The minimum Gasteiger partial charge on any atom is -0.465 e. The molecule has 0 aromatic carbocycles. The quantitative estimate of drug-likeness (QED) is 0.658. The number of aromatic nitrogens is 4. The average molecular weight is 262 g/mol. The van der Waals surface area contributed by atoms with Crippen molar-refractivity contribution in [3.8, 4) is 11.3 Å². The van der Waals surface area contributed by atoms with E-state index < -0.39 is 0 Å². The number of carbonyl (C=O) groups excluding carboxylic acids is 1. The lowest BCUT2D eigenvalue weighted by Crippen LogP contribution is -1.97. The third-order valence-corrected chi connectivity index (χ3v) is 3.52. The minimum atomic E-state index is -0.339. The molecule has 0 saturated heterocycles. The Morgan fingerprint density at radius 2 is 2.22 bits per heavy atom. The topological polar surface area (TPSA) is 61.4 Å². The first-order chi connectivity index (χ1) is 8.67. The number of rotatable bonds is 2. The van der Waals surface area contributed by atoms with Crippen molar-refractivity contribution in [2.24, 2.45) is 7.05 Å². The summed E-state index contributed by atoms with van der Waals surface area (Å²) in [5.74, 6) is -0.339. The van der Waals surface area contributed by atoms with Gasteiger partial charge < -0.3 is 4.74 Å². The lowest BCUT2D eigenvalue weighted by atomic mass is 10.3. The molecule has 3 heterocycles. The van der Waals surface area contributed by atoms with Crippen molar-refractivity contribution in [3.05, 3.63) is 29.7 Å². The molecule has 0 spiro atoms.